The van der Waals surface area contributed by atoms with Gasteiger partial charge in [0, 0.05) is 24.9 Å². The zero-order valence-electron chi connectivity index (χ0n) is 14.5. The van der Waals surface area contributed by atoms with Gasteiger partial charge in [0.1, 0.15) is 21.6 Å². The highest BCUT2D eigenvalue weighted by Gasteiger charge is 2.27. The van der Waals surface area contributed by atoms with Crippen molar-refractivity contribution in [2.45, 2.75) is 13.5 Å². The average Bonchev–Trinajstić information content (AvgIpc) is 3.03. The molecule has 0 aliphatic heterocycles. The van der Waals surface area contributed by atoms with Gasteiger partial charge in [0.2, 0.25) is 5.91 Å². The van der Waals surface area contributed by atoms with E-state index in [1.807, 2.05) is 0 Å². The first-order valence-electron chi connectivity index (χ1n) is 8.02. The van der Waals surface area contributed by atoms with E-state index in [4.69, 9.17) is 11.6 Å². The molecule has 0 aliphatic carbocycles. The fraction of sp³-hybridized carbons (Fsp3) is 0.158. The van der Waals surface area contributed by atoms with Crippen LogP contribution in [0.3, 0.4) is 0 Å². The lowest BCUT2D eigenvalue weighted by atomic mass is 10.1. The summed E-state index contributed by atoms with van der Waals surface area (Å²) in [7, 11) is 1.48. The first-order valence-corrected chi connectivity index (χ1v) is 9.22. The number of aromatic hydroxyl groups is 1. The molecule has 0 saturated heterocycles. The van der Waals surface area contributed by atoms with Gasteiger partial charge >= 0.3 is 0 Å². The number of hydrogen-bond acceptors (Lipinski definition) is 4. The molecular formula is C19H16ClFN2O3S. The highest BCUT2D eigenvalue weighted by Crippen LogP contribution is 2.45. The van der Waals surface area contributed by atoms with Crippen molar-refractivity contribution in [3.05, 3.63) is 58.4 Å². The fourth-order valence-electron chi connectivity index (χ4n) is 2.76. The summed E-state index contributed by atoms with van der Waals surface area (Å²) in [6, 6.07) is 9.10. The van der Waals surface area contributed by atoms with Crippen LogP contribution in [0.1, 0.15) is 22.8 Å². The van der Waals surface area contributed by atoms with Gasteiger partial charge in [0.05, 0.1) is 16.8 Å². The second-order valence-electron chi connectivity index (χ2n) is 5.83. The molecule has 1 aromatic heterocycles. The number of nitrogens with zero attached hydrogens (tertiary/aromatic N) is 1. The maximum Gasteiger partial charge on any atom is 0.254 e. The smallest absolute Gasteiger partial charge is 0.254 e. The fourth-order valence-corrected chi connectivity index (χ4v) is 4.32. The summed E-state index contributed by atoms with van der Waals surface area (Å²) < 4.78 is 14.6. The third-order valence-electron chi connectivity index (χ3n) is 4.12. The molecule has 0 radical (unpaired) electrons. The molecule has 2 N–H and O–H groups in total. The van der Waals surface area contributed by atoms with Crippen LogP contribution in [-0.4, -0.2) is 24.0 Å². The van der Waals surface area contributed by atoms with Crippen LogP contribution in [0.15, 0.2) is 36.4 Å². The van der Waals surface area contributed by atoms with Gasteiger partial charge in [0.25, 0.3) is 5.91 Å². The molecule has 8 heteroatoms. The van der Waals surface area contributed by atoms with Gasteiger partial charge in [-0.05, 0) is 18.2 Å². The summed E-state index contributed by atoms with van der Waals surface area (Å²) in [5, 5.41) is 13.4. The Morgan fingerprint density at radius 2 is 1.96 bits per heavy atom. The van der Waals surface area contributed by atoms with Crippen LogP contribution in [0.25, 0.3) is 10.1 Å². The Labute approximate surface area is 164 Å². The Morgan fingerprint density at radius 3 is 2.59 bits per heavy atom. The summed E-state index contributed by atoms with van der Waals surface area (Å²) >= 11 is 7.29. The molecule has 5 nitrogen and oxygen atoms in total. The minimum Gasteiger partial charge on any atom is -0.506 e. The van der Waals surface area contributed by atoms with Crippen LogP contribution in [0.5, 0.6) is 5.75 Å². The van der Waals surface area contributed by atoms with Crippen molar-refractivity contribution in [2.24, 2.45) is 0 Å². The second-order valence-corrected chi connectivity index (χ2v) is 7.21. The molecule has 0 unspecified atom stereocenters. The zero-order chi connectivity index (χ0) is 19.7. The molecule has 0 atom stereocenters. The Kier molecular flexibility index (Phi) is 5.34. The molecule has 2 amide bonds. The molecule has 0 bridgehead atoms. The Morgan fingerprint density at radius 1 is 1.26 bits per heavy atom. The number of anilines is 1. The minimum atomic E-state index is -0.443. The zero-order valence-corrected chi connectivity index (χ0v) is 16.1. The molecule has 3 aromatic rings. The number of nitrogens with one attached hydrogen (secondary N) is 1. The standard InChI is InChI=1S/C19H16ClFN2O3S/c1-10(24)23(9-11-5-3-4-6-13(11)21)19-15(18(26)22-2)12-7-8-14(25)16(20)17(12)27-19/h3-8,25H,9H2,1-2H3,(H,22,26). The van der Waals surface area contributed by atoms with Crippen molar-refractivity contribution in [1.29, 1.82) is 0 Å². The number of carbonyl (C=O) groups excluding carboxylic acids is 2. The van der Waals surface area contributed by atoms with E-state index in [9.17, 15) is 19.1 Å². The summed E-state index contributed by atoms with van der Waals surface area (Å²) in [6.45, 7) is 1.31. The van der Waals surface area contributed by atoms with Crippen LogP contribution < -0.4 is 10.2 Å². The van der Waals surface area contributed by atoms with E-state index in [1.54, 1.807) is 24.3 Å². The maximum absolute atomic E-state index is 14.1. The third kappa shape index (κ3) is 3.48. The van der Waals surface area contributed by atoms with E-state index in [-0.39, 0.29) is 28.8 Å². The number of rotatable bonds is 4. The van der Waals surface area contributed by atoms with Crippen molar-refractivity contribution in [3.63, 3.8) is 0 Å². The topological polar surface area (TPSA) is 69.6 Å². The molecule has 0 saturated carbocycles. The molecule has 0 fully saturated rings. The van der Waals surface area contributed by atoms with Gasteiger partial charge in [-0.1, -0.05) is 29.8 Å². The normalized spacial score (nSPS) is 10.8. The van der Waals surface area contributed by atoms with Gasteiger partial charge in [0.15, 0.2) is 0 Å². The average molecular weight is 407 g/mol. The lowest BCUT2D eigenvalue weighted by Gasteiger charge is -2.21. The van der Waals surface area contributed by atoms with Crippen molar-refractivity contribution in [1.82, 2.24) is 5.32 Å². The van der Waals surface area contributed by atoms with E-state index in [2.05, 4.69) is 5.32 Å². The third-order valence-corrected chi connectivity index (χ3v) is 5.87. The number of halogens is 2. The van der Waals surface area contributed by atoms with E-state index >= 15 is 0 Å². The Balaban J connectivity index is 2.23. The van der Waals surface area contributed by atoms with Gasteiger partial charge in [-0.2, -0.15) is 0 Å². The van der Waals surface area contributed by atoms with Gasteiger partial charge in [-0.15, -0.1) is 11.3 Å². The van der Waals surface area contributed by atoms with Crippen LogP contribution >= 0.6 is 22.9 Å². The number of benzene rings is 2. The second kappa shape index (κ2) is 7.54. The highest BCUT2D eigenvalue weighted by atomic mass is 35.5. The number of phenols is 1. The van der Waals surface area contributed by atoms with Crippen molar-refractivity contribution in [3.8, 4) is 5.75 Å². The summed E-state index contributed by atoms with van der Waals surface area (Å²) in [5.74, 6) is -1.32. The van der Waals surface area contributed by atoms with Crippen LogP contribution in [-0.2, 0) is 11.3 Å². The van der Waals surface area contributed by atoms with Crippen LogP contribution in [0.2, 0.25) is 5.02 Å². The molecule has 2 aromatic carbocycles. The van der Waals surface area contributed by atoms with Crippen molar-refractivity contribution < 1.29 is 19.1 Å². The SMILES string of the molecule is CNC(=O)c1c(N(Cc2ccccc2F)C(C)=O)sc2c(Cl)c(O)ccc12. The lowest BCUT2D eigenvalue weighted by molar-refractivity contribution is -0.116. The van der Waals surface area contributed by atoms with E-state index < -0.39 is 11.7 Å². The number of thiophene rings is 1. The van der Waals surface area contributed by atoms with Crippen molar-refractivity contribution in [2.75, 3.05) is 11.9 Å². The molecule has 0 aliphatic rings. The predicted octanol–water partition coefficient (Wildman–Crippen LogP) is 4.31. The van der Waals surface area contributed by atoms with Gasteiger partial charge in [-0.25, -0.2) is 4.39 Å². The molecule has 140 valence electrons. The van der Waals surface area contributed by atoms with Crippen molar-refractivity contribution >= 4 is 49.8 Å². The first-order chi connectivity index (χ1) is 12.8. The summed E-state index contributed by atoms with van der Waals surface area (Å²) in [4.78, 5) is 26.2. The minimum absolute atomic E-state index is 0.0393. The van der Waals surface area contributed by atoms with E-state index in [0.29, 0.717) is 20.7 Å². The van der Waals surface area contributed by atoms with E-state index in [0.717, 1.165) is 11.3 Å². The monoisotopic (exact) mass is 406 g/mol. The Hall–Kier alpha value is -2.64. The molecule has 0 spiro atoms. The van der Waals surface area contributed by atoms with Crippen LogP contribution in [0.4, 0.5) is 9.39 Å². The number of amides is 2. The summed E-state index contributed by atoms with van der Waals surface area (Å²) in [5.41, 5.74) is 0.577. The molecule has 1 heterocycles. The number of carbonyl (C=O) groups is 2. The largest absolute Gasteiger partial charge is 0.506 e. The predicted molar refractivity (Wildman–Crippen MR) is 105 cm³/mol. The lowest BCUT2D eigenvalue weighted by Crippen LogP contribution is -2.30. The first kappa shape index (κ1) is 19.1. The van der Waals surface area contributed by atoms with Gasteiger partial charge < -0.3 is 10.4 Å². The van der Waals surface area contributed by atoms with Crippen LogP contribution in [0, 0.1) is 5.82 Å². The highest BCUT2D eigenvalue weighted by molar-refractivity contribution is 7.24. The molecule has 3 rings (SSSR count). The number of fused-ring (bicyclic) bond motifs is 1. The maximum atomic E-state index is 14.1. The van der Waals surface area contributed by atoms with E-state index in [1.165, 1.54) is 31.0 Å². The summed E-state index contributed by atoms with van der Waals surface area (Å²) in [6.07, 6.45) is 0. The van der Waals surface area contributed by atoms with Gasteiger partial charge in [-0.3, -0.25) is 14.5 Å². The number of phenolic OH excluding ortho intramolecular Hbond substituents is 1. The molecular weight excluding hydrogens is 391 g/mol. The quantitative estimate of drug-likeness (QED) is 0.678. The molecule has 27 heavy (non-hydrogen) atoms. The number of hydrogen-bond donors (Lipinski definition) is 2. The Bertz CT molecular complexity index is 1050.